The van der Waals surface area contributed by atoms with Gasteiger partial charge in [-0.25, -0.2) is 0 Å². The van der Waals surface area contributed by atoms with E-state index in [1.807, 2.05) is 19.9 Å². The van der Waals surface area contributed by atoms with Crippen LogP contribution in [0.5, 0.6) is 0 Å². The predicted octanol–water partition coefficient (Wildman–Crippen LogP) is 4.42. The van der Waals surface area contributed by atoms with Crippen LogP contribution in [0.1, 0.15) is 47.8 Å². The second-order valence-electron chi connectivity index (χ2n) is 4.49. The molecule has 98 valence electrons. The number of halogens is 1. The van der Waals surface area contributed by atoms with E-state index in [2.05, 4.69) is 30.4 Å². The third-order valence-corrected chi connectivity index (χ3v) is 4.46. The zero-order valence-electron chi connectivity index (χ0n) is 11.0. The summed E-state index contributed by atoms with van der Waals surface area (Å²) >= 11 is 7.56. The smallest absolute Gasteiger partial charge is 0.138 e. The lowest BCUT2D eigenvalue weighted by atomic mass is 10.1. The number of thiophene rings is 1. The summed E-state index contributed by atoms with van der Waals surface area (Å²) in [4.78, 5) is 1.23. The SMILES string of the molecule is Cc1noc(C)c1C(C)NC(C)c1ccc(Cl)s1. The first kappa shape index (κ1) is 13.6. The van der Waals surface area contributed by atoms with E-state index in [1.165, 1.54) is 4.88 Å². The molecule has 0 aliphatic carbocycles. The number of nitrogens with one attached hydrogen (secondary N) is 1. The van der Waals surface area contributed by atoms with Crippen molar-refractivity contribution < 1.29 is 4.52 Å². The third kappa shape index (κ3) is 2.76. The van der Waals surface area contributed by atoms with Gasteiger partial charge in [-0.3, -0.25) is 0 Å². The van der Waals surface area contributed by atoms with Crippen LogP contribution in [0.4, 0.5) is 0 Å². The van der Waals surface area contributed by atoms with Crippen molar-refractivity contribution in [2.45, 2.75) is 39.8 Å². The van der Waals surface area contributed by atoms with E-state index in [0.717, 1.165) is 21.4 Å². The van der Waals surface area contributed by atoms with E-state index < -0.39 is 0 Å². The Morgan fingerprint density at radius 1 is 1.28 bits per heavy atom. The van der Waals surface area contributed by atoms with E-state index in [9.17, 15) is 0 Å². The van der Waals surface area contributed by atoms with Crippen LogP contribution in [-0.2, 0) is 0 Å². The summed E-state index contributed by atoms with van der Waals surface area (Å²) in [5.41, 5.74) is 2.09. The maximum absolute atomic E-state index is 5.96. The second kappa shape index (κ2) is 5.43. The van der Waals surface area contributed by atoms with Crippen molar-refractivity contribution in [2.75, 3.05) is 0 Å². The summed E-state index contributed by atoms with van der Waals surface area (Å²) in [6, 6.07) is 4.45. The maximum Gasteiger partial charge on any atom is 0.138 e. The molecule has 0 radical (unpaired) electrons. The Morgan fingerprint density at radius 2 is 2.00 bits per heavy atom. The highest BCUT2D eigenvalue weighted by Gasteiger charge is 2.19. The number of aromatic nitrogens is 1. The average molecular weight is 285 g/mol. The summed E-state index contributed by atoms with van der Waals surface area (Å²) in [5.74, 6) is 0.879. The molecule has 2 atom stereocenters. The molecule has 2 heterocycles. The summed E-state index contributed by atoms with van der Waals surface area (Å²) in [6.07, 6.45) is 0. The van der Waals surface area contributed by atoms with Crippen LogP contribution in [0.2, 0.25) is 4.34 Å². The van der Waals surface area contributed by atoms with Gasteiger partial charge >= 0.3 is 0 Å². The number of aryl methyl sites for hydroxylation is 2. The molecule has 2 rings (SSSR count). The van der Waals surface area contributed by atoms with Crippen LogP contribution in [0.25, 0.3) is 0 Å². The van der Waals surface area contributed by atoms with Gasteiger partial charge in [0.15, 0.2) is 0 Å². The Bertz CT molecular complexity index is 515. The largest absolute Gasteiger partial charge is 0.361 e. The summed E-state index contributed by atoms with van der Waals surface area (Å²) in [5, 5.41) is 7.53. The fourth-order valence-corrected chi connectivity index (χ4v) is 3.28. The van der Waals surface area contributed by atoms with Gasteiger partial charge in [-0.2, -0.15) is 0 Å². The first-order valence-corrected chi connectivity index (χ1v) is 7.12. The van der Waals surface area contributed by atoms with Crippen molar-refractivity contribution in [1.29, 1.82) is 0 Å². The molecule has 0 saturated carbocycles. The van der Waals surface area contributed by atoms with Gasteiger partial charge in [0.1, 0.15) is 5.76 Å². The Morgan fingerprint density at radius 3 is 2.50 bits per heavy atom. The molecule has 0 spiro atoms. The van der Waals surface area contributed by atoms with Gasteiger partial charge in [-0.05, 0) is 39.8 Å². The van der Waals surface area contributed by atoms with Gasteiger partial charge < -0.3 is 9.84 Å². The van der Waals surface area contributed by atoms with Crippen molar-refractivity contribution in [3.05, 3.63) is 38.4 Å². The lowest BCUT2D eigenvalue weighted by Gasteiger charge is -2.19. The van der Waals surface area contributed by atoms with Gasteiger partial charge in [-0.1, -0.05) is 16.8 Å². The van der Waals surface area contributed by atoms with E-state index in [1.54, 1.807) is 11.3 Å². The van der Waals surface area contributed by atoms with Crippen LogP contribution in [0, 0.1) is 13.8 Å². The molecule has 1 N–H and O–H groups in total. The predicted molar refractivity (Wildman–Crippen MR) is 75.3 cm³/mol. The first-order chi connectivity index (χ1) is 8.49. The second-order valence-corrected chi connectivity index (χ2v) is 6.24. The minimum atomic E-state index is 0.201. The number of rotatable bonds is 4. The zero-order chi connectivity index (χ0) is 13.3. The molecule has 0 saturated heterocycles. The lowest BCUT2D eigenvalue weighted by molar-refractivity contribution is 0.389. The van der Waals surface area contributed by atoms with E-state index in [0.29, 0.717) is 0 Å². The monoisotopic (exact) mass is 284 g/mol. The fourth-order valence-electron chi connectivity index (χ4n) is 2.21. The van der Waals surface area contributed by atoms with E-state index >= 15 is 0 Å². The van der Waals surface area contributed by atoms with Crippen LogP contribution >= 0.6 is 22.9 Å². The Kier molecular flexibility index (Phi) is 4.10. The molecular formula is C13H17ClN2OS. The average Bonchev–Trinajstić information content (AvgIpc) is 2.85. The first-order valence-electron chi connectivity index (χ1n) is 5.93. The van der Waals surface area contributed by atoms with Gasteiger partial charge in [0.25, 0.3) is 0 Å². The van der Waals surface area contributed by atoms with Crippen LogP contribution in [-0.4, -0.2) is 5.16 Å². The highest BCUT2D eigenvalue weighted by molar-refractivity contribution is 7.16. The standard InChI is InChI=1S/C13H17ClN2OS/c1-7(11-5-6-12(14)18-11)15-8(2)13-9(3)16-17-10(13)4/h5-8,15H,1-4H3. The molecule has 2 aromatic heterocycles. The molecule has 3 nitrogen and oxygen atoms in total. The third-order valence-electron chi connectivity index (χ3n) is 3.04. The summed E-state index contributed by atoms with van der Waals surface area (Å²) in [6.45, 7) is 8.17. The Labute approximate surface area is 116 Å². The van der Waals surface area contributed by atoms with Crippen LogP contribution in [0.15, 0.2) is 16.7 Å². The van der Waals surface area contributed by atoms with Crippen molar-refractivity contribution in [2.24, 2.45) is 0 Å². The normalized spacial score (nSPS) is 14.7. The molecule has 5 heteroatoms. The number of hydrogen-bond acceptors (Lipinski definition) is 4. The van der Waals surface area contributed by atoms with Gasteiger partial charge in [0, 0.05) is 22.5 Å². The van der Waals surface area contributed by atoms with Gasteiger partial charge in [-0.15, -0.1) is 11.3 Å². The molecule has 0 aliphatic heterocycles. The minimum Gasteiger partial charge on any atom is -0.361 e. The van der Waals surface area contributed by atoms with Crippen molar-refractivity contribution in [3.63, 3.8) is 0 Å². The zero-order valence-corrected chi connectivity index (χ0v) is 12.5. The van der Waals surface area contributed by atoms with Crippen LogP contribution < -0.4 is 5.32 Å². The summed E-state index contributed by atoms with van der Waals surface area (Å²) < 4.78 is 6.02. The fraction of sp³-hybridized carbons (Fsp3) is 0.462. The highest BCUT2D eigenvalue weighted by atomic mass is 35.5. The molecule has 0 amide bonds. The van der Waals surface area contributed by atoms with Crippen molar-refractivity contribution in [3.8, 4) is 0 Å². The summed E-state index contributed by atoms with van der Waals surface area (Å²) in [7, 11) is 0. The topological polar surface area (TPSA) is 38.1 Å². The lowest BCUT2D eigenvalue weighted by Crippen LogP contribution is -2.22. The molecule has 2 aromatic rings. The minimum absolute atomic E-state index is 0.201. The highest BCUT2D eigenvalue weighted by Crippen LogP contribution is 2.29. The molecule has 2 unspecified atom stereocenters. The van der Waals surface area contributed by atoms with E-state index in [-0.39, 0.29) is 12.1 Å². The molecule has 0 fully saturated rings. The van der Waals surface area contributed by atoms with E-state index in [4.69, 9.17) is 16.1 Å². The Hall–Kier alpha value is -0.840. The molecule has 18 heavy (non-hydrogen) atoms. The van der Waals surface area contributed by atoms with Crippen molar-refractivity contribution >= 4 is 22.9 Å². The quantitative estimate of drug-likeness (QED) is 0.903. The molecule has 0 aliphatic rings. The Balaban J connectivity index is 2.10. The molecule has 0 aromatic carbocycles. The number of hydrogen-bond donors (Lipinski definition) is 1. The number of nitrogens with zero attached hydrogens (tertiary/aromatic N) is 1. The molecule has 0 bridgehead atoms. The maximum atomic E-state index is 5.96. The van der Waals surface area contributed by atoms with Crippen molar-refractivity contribution in [1.82, 2.24) is 10.5 Å². The van der Waals surface area contributed by atoms with Gasteiger partial charge in [0.2, 0.25) is 0 Å². The van der Waals surface area contributed by atoms with Gasteiger partial charge in [0.05, 0.1) is 10.0 Å². The molecular weight excluding hydrogens is 268 g/mol. The van der Waals surface area contributed by atoms with Crippen LogP contribution in [0.3, 0.4) is 0 Å².